The first-order valence-electron chi connectivity index (χ1n) is 7.73. The van der Waals surface area contributed by atoms with Crippen LogP contribution in [0.25, 0.3) is 10.2 Å². The van der Waals surface area contributed by atoms with Gasteiger partial charge < -0.3 is 20.9 Å². The van der Waals surface area contributed by atoms with Gasteiger partial charge in [0.1, 0.15) is 9.71 Å². The fraction of sp³-hybridized carbons (Fsp3) is 0.167. The summed E-state index contributed by atoms with van der Waals surface area (Å²) in [6.07, 6.45) is 0. The zero-order chi connectivity index (χ0) is 18.8. The number of methoxy groups -OCH3 is 1. The third kappa shape index (κ3) is 3.37. The van der Waals surface area contributed by atoms with E-state index in [1.54, 1.807) is 19.2 Å². The molecule has 0 unspecified atom stereocenters. The fourth-order valence-corrected chi connectivity index (χ4v) is 3.77. The molecule has 1 aromatic carbocycles. The zero-order valence-electron chi connectivity index (χ0n) is 14.2. The van der Waals surface area contributed by atoms with Crippen molar-refractivity contribution in [3.05, 3.63) is 52.0 Å². The molecule has 0 radical (unpaired) electrons. The van der Waals surface area contributed by atoms with E-state index in [4.69, 9.17) is 15.6 Å². The van der Waals surface area contributed by atoms with Gasteiger partial charge in [-0.1, -0.05) is 6.07 Å². The molecule has 0 aliphatic carbocycles. The monoisotopic (exact) mass is 371 g/mol. The number of fused-ring (bicyclic) bond motifs is 1. The maximum Gasteiger partial charge on any atom is 0.335 e. The van der Waals surface area contributed by atoms with E-state index in [1.807, 2.05) is 13.0 Å². The maximum atomic E-state index is 12.7. The van der Waals surface area contributed by atoms with Gasteiger partial charge in [-0.25, -0.2) is 9.78 Å². The lowest BCUT2D eigenvalue weighted by atomic mass is 10.1. The van der Waals surface area contributed by atoms with Crippen LogP contribution in [0.5, 0.6) is 0 Å². The minimum atomic E-state index is -1.06. The summed E-state index contributed by atoms with van der Waals surface area (Å²) in [6, 6.07) is 7.91. The molecule has 0 saturated heterocycles. The number of nitrogens with zero attached hydrogens (tertiary/aromatic N) is 1. The van der Waals surface area contributed by atoms with Crippen molar-refractivity contribution >= 4 is 44.8 Å². The Hall–Kier alpha value is -2.97. The molecule has 7 nitrogen and oxygen atoms in total. The zero-order valence-corrected chi connectivity index (χ0v) is 15.0. The summed E-state index contributed by atoms with van der Waals surface area (Å²) in [5.41, 5.74) is 8.71. The van der Waals surface area contributed by atoms with Gasteiger partial charge in [-0.15, -0.1) is 11.3 Å². The first-order valence-corrected chi connectivity index (χ1v) is 8.54. The van der Waals surface area contributed by atoms with E-state index in [2.05, 4.69) is 10.3 Å². The first-order chi connectivity index (χ1) is 12.4. The molecule has 8 heteroatoms. The molecule has 0 bridgehead atoms. The minimum absolute atomic E-state index is 0.0896. The molecule has 134 valence electrons. The Balaban J connectivity index is 1.98. The Morgan fingerprint density at radius 1 is 1.35 bits per heavy atom. The van der Waals surface area contributed by atoms with Crippen LogP contribution in [0, 0.1) is 6.92 Å². The van der Waals surface area contributed by atoms with Crippen LogP contribution in [0.3, 0.4) is 0 Å². The smallest absolute Gasteiger partial charge is 0.335 e. The Kier molecular flexibility index (Phi) is 4.88. The quantitative estimate of drug-likeness (QED) is 0.634. The van der Waals surface area contributed by atoms with Crippen LogP contribution >= 0.6 is 11.3 Å². The number of rotatable bonds is 5. The summed E-state index contributed by atoms with van der Waals surface area (Å²) in [4.78, 5) is 29.2. The topological polar surface area (TPSA) is 115 Å². The molecule has 4 N–H and O–H groups in total. The van der Waals surface area contributed by atoms with Crippen molar-refractivity contribution in [2.24, 2.45) is 0 Å². The molecule has 1 amide bonds. The van der Waals surface area contributed by atoms with Crippen molar-refractivity contribution in [2.75, 3.05) is 18.2 Å². The number of aromatic carboxylic acids is 1. The SMILES string of the molecule is COCc1cc(C)nc2sc(C(=O)Nc3cccc(C(=O)O)c3)c(N)c12. The van der Waals surface area contributed by atoms with Gasteiger partial charge in [-0.05, 0) is 36.8 Å². The van der Waals surface area contributed by atoms with Crippen molar-refractivity contribution in [3.8, 4) is 0 Å². The number of anilines is 2. The Morgan fingerprint density at radius 2 is 2.12 bits per heavy atom. The van der Waals surface area contributed by atoms with Crippen LogP contribution in [-0.4, -0.2) is 29.1 Å². The van der Waals surface area contributed by atoms with Crippen molar-refractivity contribution in [1.29, 1.82) is 0 Å². The third-order valence-electron chi connectivity index (χ3n) is 3.78. The number of nitrogen functional groups attached to an aromatic ring is 1. The van der Waals surface area contributed by atoms with Crippen molar-refractivity contribution in [3.63, 3.8) is 0 Å². The van der Waals surface area contributed by atoms with E-state index < -0.39 is 11.9 Å². The molecular formula is C18H17N3O4S. The van der Waals surface area contributed by atoms with E-state index in [0.29, 0.717) is 33.1 Å². The molecule has 26 heavy (non-hydrogen) atoms. The highest BCUT2D eigenvalue weighted by atomic mass is 32.1. The number of nitrogens with one attached hydrogen (secondary N) is 1. The summed E-state index contributed by atoms with van der Waals surface area (Å²) in [5.74, 6) is -1.47. The number of nitrogens with two attached hydrogens (primary N) is 1. The molecule has 0 atom stereocenters. The van der Waals surface area contributed by atoms with E-state index >= 15 is 0 Å². The molecule has 0 aliphatic heterocycles. The normalized spacial score (nSPS) is 10.8. The number of aryl methyl sites for hydroxylation is 1. The van der Waals surface area contributed by atoms with E-state index in [1.165, 1.54) is 23.5 Å². The lowest BCUT2D eigenvalue weighted by molar-refractivity contribution is 0.0696. The van der Waals surface area contributed by atoms with Gasteiger partial charge in [0.15, 0.2) is 0 Å². The molecular weight excluding hydrogens is 354 g/mol. The van der Waals surface area contributed by atoms with E-state index in [9.17, 15) is 9.59 Å². The summed E-state index contributed by atoms with van der Waals surface area (Å²) in [6.45, 7) is 2.23. The van der Waals surface area contributed by atoms with Crippen molar-refractivity contribution in [2.45, 2.75) is 13.5 Å². The van der Waals surface area contributed by atoms with Gasteiger partial charge in [0.2, 0.25) is 0 Å². The lowest BCUT2D eigenvalue weighted by Crippen LogP contribution is -2.12. The summed E-state index contributed by atoms with van der Waals surface area (Å²) in [7, 11) is 1.59. The summed E-state index contributed by atoms with van der Waals surface area (Å²) < 4.78 is 5.21. The number of hydrogen-bond acceptors (Lipinski definition) is 6. The van der Waals surface area contributed by atoms with Gasteiger partial charge in [0.25, 0.3) is 5.91 Å². The molecule has 0 fully saturated rings. The number of hydrogen-bond donors (Lipinski definition) is 3. The lowest BCUT2D eigenvalue weighted by Gasteiger charge is -2.06. The number of pyridine rings is 1. The summed E-state index contributed by atoms with van der Waals surface area (Å²) in [5, 5.41) is 12.5. The molecule has 3 rings (SSSR count). The molecule has 2 aromatic heterocycles. The van der Waals surface area contributed by atoms with Gasteiger partial charge >= 0.3 is 5.97 Å². The largest absolute Gasteiger partial charge is 0.478 e. The number of benzene rings is 1. The van der Waals surface area contributed by atoms with Crippen LogP contribution < -0.4 is 11.1 Å². The predicted octanol–water partition coefficient (Wildman–Crippen LogP) is 3.28. The molecule has 0 spiro atoms. The average Bonchev–Trinajstić information content (AvgIpc) is 2.92. The number of carbonyl (C=O) groups excluding carboxylic acids is 1. The predicted molar refractivity (Wildman–Crippen MR) is 101 cm³/mol. The Morgan fingerprint density at radius 3 is 2.81 bits per heavy atom. The maximum absolute atomic E-state index is 12.7. The van der Waals surface area contributed by atoms with Crippen LogP contribution in [0.4, 0.5) is 11.4 Å². The van der Waals surface area contributed by atoms with Crippen molar-refractivity contribution < 1.29 is 19.4 Å². The number of carboxylic acid groups (broad SMARTS) is 1. The number of carbonyl (C=O) groups is 2. The van der Waals surface area contributed by atoms with E-state index in [-0.39, 0.29) is 5.56 Å². The van der Waals surface area contributed by atoms with Crippen LogP contribution in [0.1, 0.15) is 31.3 Å². The average molecular weight is 371 g/mol. The first kappa shape index (κ1) is 17.8. The molecule has 2 heterocycles. The third-order valence-corrected chi connectivity index (χ3v) is 4.88. The molecule has 0 aliphatic rings. The molecule has 3 aromatic rings. The van der Waals surface area contributed by atoms with Gasteiger partial charge in [0.05, 0.1) is 17.9 Å². The second-order valence-corrected chi connectivity index (χ2v) is 6.72. The second kappa shape index (κ2) is 7.11. The van der Waals surface area contributed by atoms with Crippen molar-refractivity contribution in [1.82, 2.24) is 4.98 Å². The van der Waals surface area contributed by atoms with Crippen LogP contribution in [-0.2, 0) is 11.3 Å². The Labute approximate surface area is 153 Å². The number of aromatic nitrogens is 1. The van der Waals surface area contributed by atoms with Crippen LogP contribution in [0.15, 0.2) is 30.3 Å². The highest BCUT2D eigenvalue weighted by molar-refractivity contribution is 7.21. The van der Waals surface area contributed by atoms with Gasteiger partial charge in [0, 0.05) is 23.9 Å². The number of ether oxygens (including phenoxy) is 1. The standard InChI is InChI=1S/C18H17N3O4S/c1-9-6-11(8-25-2)13-14(19)15(26-17(13)20-9)16(22)21-12-5-3-4-10(7-12)18(23)24/h3-7H,8,19H2,1-2H3,(H,21,22)(H,23,24). The van der Waals surface area contributed by atoms with E-state index in [0.717, 1.165) is 11.3 Å². The highest BCUT2D eigenvalue weighted by Gasteiger charge is 2.20. The fourth-order valence-electron chi connectivity index (χ4n) is 2.69. The number of thiophene rings is 1. The van der Waals surface area contributed by atoms with Crippen LogP contribution in [0.2, 0.25) is 0 Å². The number of amides is 1. The Bertz CT molecular complexity index is 1010. The summed E-state index contributed by atoms with van der Waals surface area (Å²) >= 11 is 1.20. The number of carboxylic acids is 1. The van der Waals surface area contributed by atoms with Gasteiger partial charge in [-0.2, -0.15) is 0 Å². The second-order valence-electron chi connectivity index (χ2n) is 5.72. The van der Waals surface area contributed by atoms with Gasteiger partial charge in [-0.3, -0.25) is 4.79 Å². The highest BCUT2D eigenvalue weighted by Crippen LogP contribution is 2.36. The molecule has 0 saturated carbocycles. The minimum Gasteiger partial charge on any atom is -0.478 e.